The molecule has 0 spiro atoms. The van der Waals surface area contributed by atoms with Gasteiger partial charge in [-0.05, 0) is 79.9 Å². The first-order valence-corrected chi connectivity index (χ1v) is 16.4. The van der Waals surface area contributed by atoms with Crippen LogP contribution < -0.4 is 15.4 Å². The van der Waals surface area contributed by atoms with E-state index in [2.05, 4.69) is 15.4 Å². The van der Waals surface area contributed by atoms with E-state index in [0.717, 1.165) is 10.5 Å². The molecule has 13 heteroatoms. The molecule has 3 rings (SSSR count). The van der Waals surface area contributed by atoms with Crippen LogP contribution in [0.4, 0.5) is 13.2 Å². The summed E-state index contributed by atoms with van der Waals surface area (Å²) in [5.41, 5.74) is 1.84. The smallest absolute Gasteiger partial charge is 0.345 e. The number of amides is 4. The van der Waals surface area contributed by atoms with E-state index in [1.165, 1.54) is 16.8 Å². The number of rotatable bonds is 11. The molecule has 1 aliphatic rings. The van der Waals surface area contributed by atoms with Gasteiger partial charge in [0.15, 0.2) is 0 Å². The van der Waals surface area contributed by atoms with Crippen molar-refractivity contribution in [2.75, 3.05) is 6.54 Å². The zero-order valence-electron chi connectivity index (χ0n) is 28.2. The van der Waals surface area contributed by atoms with Crippen LogP contribution in [-0.2, 0) is 14.4 Å². The molecule has 1 heterocycles. The molecule has 9 nitrogen and oxygen atoms in total. The summed E-state index contributed by atoms with van der Waals surface area (Å²) >= 11 is 1.21. The van der Waals surface area contributed by atoms with Crippen molar-refractivity contribution >= 4 is 41.9 Å². The average molecular weight is 681 g/mol. The molecule has 1 aliphatic heterocycles. The van der Waals surface area contributed by atoms with Gasteiger partial charge in [-0.3, -0.25) is 23.9 Å². The Hall–Kier alpha value is -3.87. The van der Waals surface area contributed by atoms with Crippen LogP contribution in [0.2, 0.25) is 0 Å². The molecule has 3 N–H and O–H groups in total. The Morgan fingerprint density at radius 1 is 0.872 bits per heavy atom. The van der Waals surface area contributed by atoms with Crippen molar-refractivity contribution in [1.82, 2.24) is 20.3 Å². The van der Waals surface area contributed by atoms with Gasteiger partial charge in [-0.25, -0.2) is 0 Å². The van der Waals surface area contributed by atoms with E-state index in [9.17, 15) is 37.1 Å². The summed E-state index contributed by atoms with van der Waals surface area (Å²) in [5, 5.41) is 5.56. The van der Waals surface area contributed by atoms with Crippen LogP contribution in [0, 0.1) is 18.8 Å². The second kappa shape index (κ2) is 19.7. The molecule has 47 heavy (non-hydrogen) atoms. The molecule has 260 valence electrons. The fourth-order valence-electron chi connectivity index (χ4n) is 4.38. The van der Waals surface area contributed by atoms with E-state index in [-0.39, 0.29) is 36.5 Å². The number of likely N-dealkylation sites (tertiary alicyclic amines) is 1. The van der Waals surface area contributed by atoms with Crippen molar-refractivity contribution in [3.8, 4) is 0 Å². The van der Waals surface area contributed by atoms with Crippen LogP contribution in [0.15, 0.2) is 53.4 Å². The van der Waals surface area contributed by atoms with Crippen LogP contribution in [0.1, 0.15) is 87.6 Å². The average Bonchev–Trinajstić information content (AvgIpc) is 3.52. The largest absolute Gasteiger partial charge is 0.386 e. The second-order valence-corrected chi connectivity index (χ2v) is 12.4. The zero-order valence-corrected chi connectivity index (χ0v) is 29.1. The molecule has 0 aromatic heterocycles. The van der Waals surface area contributed by atoms with Gasteiger partial charge in [0.1, 0.15) is 18.4 Å². The van der Waals surface area contributed by atoms with Gasteiger partial charge in [-0.2, -0.15) is 13.2 Å². The summed E-state index contributed by atoms with van der Waals surface area (Å²) < 4.78 is 33.8. The zero-order chi connectivity index (χ0) is 35.9. The highest BCUT2D eigenvalue weighted by molar-refractivity contribution is 7.98. The second-order valence-electron chi connectivity index (χ2n) is 11.5. The van der Waals surface area contributed by atoms with Crippen LogP contribution in [0.5, 0.6) is 0 Å². The number of carbonyl (C=O) groups is 5. The molecule has 0 saturated carbocycles. The third kappa shape index (κ3) is 14.2. The number of nitrogens with one attached hydrogen (secondary N) is 3. The van der Waals surface area contributed by atoms with Gasteiger partial charge < -0.3 is 20.3 Å². The standard InChI is InChI=1S/C30H38N4O5S.C2H3F3.C2H6/c1-18(2)24(17-35)31-29(38)25-7-6-16-34(25)30(39)26(19(3)4)32-27(36)21-10-12-22(13-11-21)28(37)33-40-23-14-8-20(5)9-15-23;1-2(3,4)5;1-2/h8-15,17-19,24-26H,6-7,16H2,1-5H3,(H,31,38)(H,32,36)(H,33,37);1H3;1-2H3. The third-order valence-electron chi connectivity index (χ3n) is 6.92. The van der Waals surface area contributed by atoms with Crippen molar-refractivity contribution in [1.29, 1.82) is 0 Å². The van der Waals surface area contributed by atoms with E-state index in [1.54, 1.807) is 24.3 Å². The summed E-state index contributed by atoms with van der Waals surface area (Å²) in [6.07, 6.45) is -2.15. The molecule has 0 aliphatic carbocycles. The lowest BCUT2D eigenvalue weighted by Gasteiger charge is -2.31. The Kier molecular flexibility index (Phi) is 17.3. The first-order chi connectivity index (χ1) is 22.0. The van der Waals surface area contributed by atoms with Gasteiger partial charge >= 0.3 is 6.18 Å². The normalized spacial score (nSPS) is 15.3. The lowest BCUT2D eigenvalue weighted by molar-refractivity contribution is -0.141. The van der Waals surface area contributed by atoms with E-state index in [4.69, 9.17) is 0 Å². The van der Waals surface area contributed by atoms with Gasteiger partial charge in [0.25, 0.3) is 11.8 Å². The van der Waals surface area contributed by atoms with Crippen LogP contribution in [-0.4, -0.2) is 65.7 Å². The summed E-state index contributed by atoms with van der Waals surface area (Å²) in [6, 6.07) is 11.8. The number of halogens is 3. The minimum atomic E-state index is -4.00. The molecule has 2 aromatic carbocycles. The van der Waals surface area contributed by atoms with Crippen LogP contribution in [0.25, 0.3) is 0 Å². The minimum absolute atomic E-state index is 0.0703. The predicted octanol–water partition coefficient (Wildman–Crippen LogP) is 6.11. The predicted molar refractivity (Wildman–Crippen MR) is 178 cm³/mol. The molecule has 0 radical (unpaired) electrons. The number of nitrogens with zero attached hydrogens (tertiary/aromatic N) is 1. The minimum Gasteiger partial charge on any atom is -0.345 e. The Balaban J connectivity index is 0.00000144. The third-order valence-corrected chi connectivity index (χ3v) is 7.72. The van der Waals surface area contributed by atoms with E-state index in [0.29, 0.717) is 36.8 Å². The number of benzene rings is 2. The first kappa shape index (κ1) is 41.2. The van der Waals surface area contributed by atoms with Gasteiger partial charge in [0, 0.05) is 29.5 Å². The van der Waals surface area contributed by atoms with E-state index < -0.39 is 30.2 Å². The first-order valence-electron chi connectivity index (χ1n) is 15.6. The molecule has 1 saturated heterocycles. The number of hydrogen-bond acceptors (Lipinski definition) is 6. The number of aldehydes is 1. The van der Waals surface area contributed by atoms with Crippen LogP contribution in [0.3, 0.4) is 0 Å². The molecule has 3 unspecified atom stereocenters. The van der Waals surface area contributed by atoms with Crippen molar-refractivity contribution in [2.24, 2.45) is 11.8 Å². The molecule has 0 bridgehead atoms. The van der Waals surface area contributed by atoms with Crippen molar-refractivity contribution < 1.29 is 37.1 Å². The molecular weight excluding hydrogens is 633 g/mol. The van der Waals surface area contributed by atoms with Gasteiger partial charge in [0.2, 0.25) is 11.8 Å². The maximum Gasteiger partial charge on any atom is 0.386 e. The fourth-order valence-corrected chi connectivity index (χ4v) is 4.98. The maximum absolute atomic E-state index is 13.5. The van der Waals surface area contributed by atoms with Crippen LogP contribution >= 0.6 is 11.9 Å². The quantitative estimate of drug-likeness (QED) is 0.194. The number of carbonyl (C=O) groups excluding carboxylic acids is 5. The molecular formula is C34H47F3N4O5S. The van der Waals surface area contributed by atoms with Gasteiger partial charge in [-0.1, -0.05) is 59.2 Å². The Bertz CT molecular complexity index is 1310. The maximum atomic E-state index is 13.5. The molecule has 2 aromatic rings. The van der Waals surface area contributed by atoms with Gasteiger partial charge in [0.05, 0.1) is 6.04 Å². The summed E-state index contributed by atoms with van der Waals surface area (Å²) in [7, 11) is 0. The Morgan fingerprint density at radius 2 is 1.38 bits per heavy atom. The summed E-state index contributed by atoms with van der Waals surface area (Å²) in [6.45, 7) is 13.9. The lowest BCUT2D eigenvalue weighted by atomic mass is 10.0. The lowest BCUT2D eigenvalue weighted by Crippen LogP contribution is -2.56. The Morgan fingerprint density at radius 3 is 1.85 bits per heavy atom. The summed E-state index contributed by atoms with van der Waals surface area (Å²) in [4.78, 5) is 65.8. The highest BCUT2D eigenvalue weighted by atomic mass is 32.2. The topological polar surface area (TPSA) is 125 Å². The number of hydrogen-bond donors (Lipinski definition) is 3. The molecule has 4 amide bonds. The Labute approximate surface area is 279 Å². The highest BCUT2D eigenvalue weighted by Crippen LogP contribution is 2.22. The summed E-state index contributed by atoms with van der Waals surface area (Å²) in [5.74, 6) is -1.74. The fraction of sp³-hybridized carbons (Fsp3) is 0.500. The monoisotopic (exact) mass is 680 g/mol. The SMILES string of the molecule is CC.CC(F)(F)F.Cc1ccc(SNC(=O)c2ccc(C(=O)NC(C(=O)N3CCCC3C(=O)NC(C=O)C(C)C)C(C)C)cc2)cc1. The molecule has 3 atom stereocenters. The van der Waals surface area contributed by atoms with Gasteiger partial charge in [-0.15, -0.1) is 0 Å². The van der Waals surface area contributed by atoms with Crippen molar-refractivity contribution in [3.05, 3.63) is 65.2 Å². The number of aryl methyl sites for hydroxylation is 1. The van der Waals surface area contributed by atoms with E-state index >= 15 is 0 Å². The highest BCUT2D eigenvalue weighted by Gasteiger charge is 2.39. The van der Waals surface area contributed by atoms with Crippen molar-refractivity contribution in [3.63, 3.8) is 0 Å². The van der Waals surface area contributed by atoms with Crippen molar-refractivity contribution in [2.45, 2.75) is 97.4 Å². The van der Waals surface area contributed by atoms with E-state index in [1.807, 2.05) is 72.7 Å². The number of alkyl halides is 3. The molecule has 1 fully saturated rings.